The molecule has 2 aliphatic rings. The largest absolute Gasteiger partial charge is 0.381 e. The summed E-state index contributed by atoms with van der Waals surface area (Å²) in [4.78, 5) is 0. The lowest BCUT2D eigenvalue weighted by molar-refractivity contribution is -0.0460. The molecule has 0 aromatic carbocycles. The highest BCUT2D eigenvalue weighted by Crippen LogP contribution is 2.35. The van der Waals surface area contributed by atoms with Crippen LogP contribution in [0.25, 0.3) is 0 Å². The van der Waals surface area contributed by atoms with Gasteiger partial charge in [0, 0.05) is 25.5 Å². The molecule has 0 spiro atoms. The molecule has 4 heteroatoms. The number of ether oxygens (including phenoxy) is 1. The van der Waals surface area contributed by atoms with Gasteiger partial charge in [0.2, 0.25) is 5.92 Å². The van der Waals surface area contributed by atoms with Crippen LogP contribution in [0.3, 0.4) is 0 Å². The molecule has 0 unspecified atom stereocenters. The molecule has 2 rings (SSSR count). The quantitative estimate of drug-likeness (QED) is 0.839. The lowest BCUT2D eigenvalue weighted by Gasteiger charge is -2.32. The van der Waals surface area contributed by atoms with Crippen molar-refractivity contribution in [3.05, 3.63) is 0 Å². The lowest BCUT2D eigenvalue weighted by atomic mass is 9.86. The Balaban J connectivity index is 1.65. The fraction of sp³-hybridized carbons (Fsp3) is 1.00. The number of halogens is 2. The van der Waals surface area contributed by atoms with Gasteiger partial charge < -0.3 is 10.1 Å². The molecule has 2 fully saturated rings. The molecule has 1 N–H and O–H groups in total. The predicted octanol–water partition coefficient (Wildman–Crippen LogP) is 3.22. The maximum Gasteiger partial charge on any atom is 0.248 e. The van der Waals surface area contributed by atoms with E-state index >= 15 is 0 Å². The topological polar surface area (TPSA) is 21.3 Å². The van der Waals surface area contributed by atoms with E-state index in [0.29, 0.717) is 30.7 Å². The normalized spacial score (nSPS) is 31.2. The second kappa shape index (κ2) is 6.29. The van der Waals surface area contributed by atoms with E-state index in [1.165, 1.54) is 6.42 Å². The Morgan fingerprint density at radius 1 is 1.28 bits per heavy atom. The number of hydrogen-bond acceptors (Lipinski definition) is 2. The van der Waals surface area contributed by atoms with Crippen LogP contribution in [0.15, 0.2) is 0 Å². The van der Waals surface area contributed by atoms with E-state index in [9.17, 15) is 8.78 Å². The van der Waals surface area contributed by atoms with Crippen molar-refractivity contribution in [2.45, 2.75) is 57.4 Å². The van der Waals surface area contributed by atoms with Crippen molar-refractivity contribution in [1.29, 1.82) is 0 Å². The summed E-state index contributed by atoms with van der Waals surface area (Å²) in [6.45, 7) is 4.81. The van der Waals surface area contributed by atoms with Gasteiger partial charge in [0.15, 0.2) is 0 Å². The van der Waals surface area contributed by atoms with Gasteiger partial charge in [-0.1, -0.05) is 0 Å². The Bertz CT molecular complexity index is 244. The van der Waals surface area contributed by atoms with Gasteiger partial charge in [-0.15, -0.1) is 0 Å². The molecule has 0 radical (unpaired) electrons. The average molecular weight is 261 g/mol. The van der Waals surface area contributed by atoms with Crippen molar-refractivity contribution >= 4 is 0 Å². The standard InChI is InChI=1S/C14H25F2NO/c1-11(13-3-2-8-18-10-13)17-9-12-4-6-14(15,16)7-5-12/h11-13,17H,2-10H2,1H3/t11-,13-/m1/s1. The maximum atomic E-state index is 13.0. The molecule has 1 heterocycles. The van der Waals surface area contributed by atoms with E-state index in [0.717, 1.165) is 26.2 Å². The van der Waals surface area contributed by atoms with Gasteiger partial charge in [-0.05, 0) is 51.0 Å². The fourth-order valence-corrected chi connectivity index (χ4v) is 2.98. The van der Waals surface area contributed by atoms with E-state index in [-0.39, 0.29) is 12.8 Å². The SMILES string of the molecule is C[C@@H](NCC1CCC(F)(F)CC1)[C@@H]1CCCOC1. The summed E-state index contributed by atoms with van der Waals surface area (Å²) in [7, 11) is 0. The maximum absolute atomic E-state index is 13.0. The zero-order chi connectivity index (χ0) is 13.0. The van der Waals surface area contributed by atoms with Crippen molar-refractivity contribution < 1.29 is 13.5 Å². The zero-order valence-corrected chi connectivity index (χ0v) is 11.3. The highest BCUT2D eigenvalue weighted by atomic mass is 19.3. The third-order valence-corrected chi connectivity index (χ3v) is 4.47. The molecule has 2 atom stereocenters. The Morgan fingerprint density at radius 2 is 2.00 bits per heavy atom. The van der Waals surface area contributed by atoms with Crippen LogP contribution in [0.2, 0.25) is 0 Å². The second-order valence-corrected chi connectivity index (χ2v) is 5.97. The minimum absolute atomic E-state index is 0.0697. The van der Waals surface area contributed by atoms with Crippen LogP contribution in [0, 0.1) is 11.8 Å². The van der Waals surface area contributed by atoms with Crippen LogP contribution in [-0.2, 0) is 4.74 Å². The van der Waals surface area contributed by atoms with E-state index in [1.54, 1.807) is 0 Å². The van der Waals surface area contributed by atoms with Crippen LogP contribution in [0.1, 0.15) is 45.4 Å². The summed E-state index contributed by atoms with van der Waals surface area (Å²) in [5.74, 6) is -1.39. The summed E-state index contributed by atoms with van der Waals surface area (Å²) >= 11 is 0. The molecular weight excluding hydrogens is 236 g/mol. The highest BCUT2D eigenvalue weighted by Gasteiger charge is 2.34. The van der Waals surface area contributed by atoms with Gasteiger partial charge in [0.1, 0.15) is 0 Å². The van der Waals surface area contributed by atoms with Crippen LogP contribution in [-0.4, -0.2) is 31.7 Å². The predicted molar refractivity (Wildman–Crippen MR) is 67.9 cm³/mol. The molecule has 1 aliphatic carbocycles. The minimum atomic E-state index is -2.40. The zero-order valence-electron chi connectivity index (χ0n) is 11.3. The lowest BCUT2D eigenvalue weighted by Crippen LogP contribution is -2.41. The van der Waals surface area contributed by atoms with Crippen LogP contribution in [0.4, 0.5) is 8.78 Å². The Hall–Kier alpha value is -0.220. The molecule has 0 aromatic heterocycles. The van der Waals surface area contributed by atoms with E-state index in [1.807, 2.05) is 0 Å². The third-order valence-electron chi connectivity index (χ3n) is 4.47. The Kier molecular flexibility index (Phi) is 4.96. The van der Waals surface area contributed by atoms with Crippen molar-refractivity contribution in [1.82, 2.24) is 5.32 Å². The summed E-state index contributed by atoms with van der Waals surface area (Å²) in [6.07, 6.45) is 3.82. The molecule has 1 saturated carbocycles. The van der Waals surface area contributed by atoms with Crippen molar-refractivity contribution in [3.8, 4) is 0 Å². The van der Waals surface area contributed by atoms with Crippen LogP contribution >= 0.6 is 0 Å². The summed E-state index contributed by atoms with van der Waals surface area (Å²) in [6, 6.07) is 0.438. The van der Waals surface area contributed by atoms with Gasteiger partial charge in [-0.2, -0.15) is 0 Å². The monoisotopic (exact) mass is 261 g/mol. The summed E-state index contributed by atoms with van der Waals surface area (Å²) in [5, 5.41) is 3.52. The molecule has 0 amide bonds. The first kappa shape index (κ1) is 14.2. The molecule has 2 nitrogen and oxygen atoms in total. The van der Waals surface area contributed by atoms with Crippen molar-refractivity contribution in [2.75, 3.05) is 19.8 Å². The van der Waals surface area contributed by atoms with Gasteiger partial charge in [-0.3, -0.25) is 0 Å². The van der Waals surface area contributed by atoms with Crippen LogP contribution in [0.5, 0.6) is 0 Å². The first-order chi connectivity index (χ1) is 8.57. The molecule has 1 aliphatic heterocycles. The van der Waals surface area contributed by atoms with E-state index in [2.05, 4.69) is 12.2 Å². The van der Waals surface area contributed by atoms with Gasteiger partial charge in [0.25, 0.3) is 0 Å². The van der Waals surface area contributed by atoms with Crippen molar-refractivity contribution in [3.63, 3.8) is 0 Å². The van der Waals surface area contributed by atoms with Crippen LogP contribution < -0.4 is 5.32 Å². The number of alkyl halides is 2. The van der Waals surface area contributed by atoms with Gasteiger partial charge in [-0.25, -0.2) is 8.78 Å². The molecule has 18 heavy (non-hydrogen) atoms. The highest BCUT2D eigenvalue weighted by molar-refractivity contribution is 4.81. The Morgan fingerprint density at radius 3 is 2.61 bits per heavy atom. The number of hydrogen-bond donors (Lipinski definition) is 1. The molecular formula is C14H25F2NO. The second-order valence-electron chi connectivity index (χ2n) is 5.97. The third kappa shape index (κ3) is 4.16. The number of rotatable bonds is 4. The minimum Gasteiger partial charge on any atom is -0.381 e. The summed E-state index contributed by atoms with van der Waals surface area (Å²) < 4.78 is 31.5. The van der Waals surface area contributed by atoms with Gasteiger partial charge >= 0.3 is 0 Å². The van der Waals surface area contributed by atoms with E-state index in [4.69, 9.17) is 4.74 Å². The first-order valence-corrected chi connectivity index (χ1v) is 7.26. The fourth-order valence-electron chi connectivity index (χ4n) is 2.98. The smallest absolute Gasteiger partial charge is 0.248 e. The molecule has 0 aromatic rings. The molecule has 0 bridgehead atoms. The van der Waals surface area contributed by atoms with Crippen molar-refractivity contribution in [2.24, 2.45) is 11.8 Å². The molecule has 1 saturated heterocycles. The summed E-state index contributed by atoms with van der Waals surface area (Å²) in [5.41, 5.74) is 0. The Labute approximate surface area is 108 Å². The van der Waals surface area contributed by atoms with Gasteiger partial charge in [0.05, 0.1) is 6.61 Å². The van der Waals surface area contributed by atoms with E-state index < -0.39 is 5.92 Å². The first-order valence-electron chi connectivity index (χ1n) is 7.26. The number of nitrogens with one attached hydrogen (secondary N) is 1. The average Bonchev–Trinajstić information content (AvgIpc) is 2.38. The molecule has 106 valence electrons.